The Kier molecular flexibility index (Phi) is 3.81. The maximum Gasteiger partial charge on any atom is 0.168 e. The van der Waals surface area contributed by atoms with Crippen LogP contribution < -0.4 is 4.74 Å². The molecule has 0 saturated carbocycles. The molecule has 0 atom stereocenters. The molecule has 0 unspecified atom stereocenters. The third kappa shape index (κ3) is 3.38. The van der Waals surface area contributed by atoms with Gasteiger partial charge in [-0.3, -0.25) is 9.78 Å². The standard InChI is InChI=1S/C13H12N2O2/c16-10-12-3-4-13(9-15-12)17-7-5-11-2-1-6-14-8-11/h1-4,6,8-10H,5,7H2. The molecule has 0 bridgehead atoms. The number of rotatable bonds is 5. The number of ether oxygens (including phenoxy) is 1. The molecule has 0 aromatic carbocycles. The molecule has 2 aromatic heterocycles. The normalized spacial score (nSPS) is 9.88. The summed E-state index contributed by atoms with van der Waals surface area (Å²) in [4.78, 5) is 18.4. The van der Waals surface area contributed by atoms with E-state index in [0.717, 1.165) is 12.0 Å². The molecule has 0 saturated heterocycles. The lowest BCUT2D eigenvalue weighted by Gasteiger charge is -2.05. The second-order valence-corrected chi connectivity index (χ2v) is 3.50. The van der Waals surface area contributed by atoms with E-state index < -0.39 is 0 Å². The van der Waals surface area contributed by atoms with Gasteiger partial charge in [0, 0.05) is 18.8 Å². The van der Waals surface area contributed by atoms with E-state index in [9.17, 15) is 4.79 Å². The van der Waals surface area contributed by atoms with Gasteiger partial charge in [-0.15, -0.1) is 0 Å². The van der Waals surface area contributed by atoms with Crippen molar-refractivity contribution in [1.82, 2.24) is 9.97 Å². The van der Waals surface area contributed by atoms with Gasteiger partial charge in [0.25, 0.3) is 0 Å². The SMILES string of the molecule is O=Cc1ccc(OCCc2cccnc2)cn1. The number of hydrogen-bond acceptors (Lipinski definition) is 4. The Balaban J connectivity index is 1.84. The summed E-state index contributed by atoms with van der Waals surface area (Å²) in [7, 11) is 0. The number of aldehydes is 1. The first-order chi connectivity index (χ1) is 8.38. The van der Waals surface area contributed by atoms with Gasteiger partial charge in [-0.05, 0) is 23.8 Å². The van der Waals surface area contributed by atoms with E-state index >= 15 is 0 Å². The monoisotopic (exact) mass is 228 g/mol. The molecule has 86 valence electrons. The summed E-state index contributed by atoms with van der Waals surface area (Å²) in [5.74, 6) is 0.666. The largest absolute Gasteiger partial charge is 0.492 e. The minimum atomic E-state index is 0.407. The van der Waals surface area contributed by atoms with E-state index in [4.69, 9.17) is 4.74 Å². The molecule has 2 rings (SSSR count). The van der Waals surface area contributed by atoms with Crippen LogP contribution in [0.3, 0.4) is 0 Å². The molecule has 0 aliphatic rings. The zero-order valence-corrected chi connectivity index (χ0v) is 9.24. The molecule has 0 fully saturated rings. The molecule has 0 radical (unpaired) electrons. The number of hydrogen-bond donors (Lipinski definition) is 0. The zero-order chi connectivity index (χ0) is 11.9. The summed E-state index contributed by atoms with van der Waals surface area (Å²) >= 11 is 0. The Labute approximate surface area is 99.3 Å². The first-order valence-electron chi connectivity index (χ1n) is 5.31. The van der Waals surface area contributed by atoms with Crippen LogP contribution >= 0.6 is 0 Å². The maximum absolute atomic E-state index is 10.4. The average molecular weight is 228 g/mol. The number of aromatic nitrogens is 2. The number of pyridine rings is 2. The van der Waals surface area contributed by atoms with E-state index in [2.05, 4.69) is 9.97 Å². The maximum atomic E-state index is 10.4. The van der Waals surface area contributed by atoms with Gasteiger partial charge in [0.2, 0.25) is 0 Å². The Morgan fingerprint density at radius 3 is 2.82 bits per heavy atom. The molecular weight excluding hydrogens is 216 g/mol. The number of nitrogens with zero attached hydrogens (tertiary/aromatic N) is 2. The fourth-order valence-corrected chi connectivity index (χ4v) is 1.38. The highest BCUT2D eigenvalue weighted by atomic mass is 16.5. The van der Waals surface area contributed by atoms with Crippen molar-refractivity contribution in [3.05, 3.63) is 54.1 Å². The van der Waals surface area contributed by atoms with Crippen LogP contribution in [0.25, 0.3) is 0 Å². The van der Waals surface area contributed by atoms with Crippen molar-refractivity contribution in [2.45, 2.75) is 6.42 Å². The van der Waals surface area contributed by atoms with Gasteiger partial charge in [0.15, 0.2) is 6.29 Å². The highest BCUT2D eigenvalue weighted by Gasteiger charge is 1.97. The molecule has 0 amide bonds. The van der Waals surface area contributed by atoms with Crippen LogP contribution in [-0.2, 0) is 6.42 Å². The Morgan fingerprint density at radius 1 is 1.24 bits per heavy atom. The predicted octanol–water partition coefficient (Wildman–Crippen LogP) is 1.91. The molecule has 0 aliphatic carbocycles. The Morgan fingerprint density at radius 2 is 2.18 bits per heavy atom. The number of carbonyl (C=O) groups is 1. The second-order valence-electron chi connectivity index (χ2n) is 3.50. The summed E-state index contributed by atoms with van der Waals surface area (Å²) in [5, 5.41) is 0. The highest BCUT2D eigenvalue weighted by Crippen LogP contribution is 2.09. The third-order valence-electron chi connectivity index (χ3n) is 2.26. The van der Waals surface area contributed by atoms with Crippen molar-refractivity contribution >= 4 is 6.29 Å². The minimum Gasteiger partial charge on any atom is -0.492 e. The lowest BCUT2D eigenvalue weighted by atomic mass is 10.2. The van der Waals surface area contributed by atoms with Crippen molar-refractivity contribution < 1.29 is 9.53 Å². The molecule has 4 nitrogen and oxygen atoms in total. The Hall–Kier alpha value is -2.23. The summed E-state index contributed by atoms with van der Waals surface area (Å²) in [6.45, 7) is 0.563. The molecule has 0 spiro atoms. The molecule has 0 N–H and O–H groups in total. The van der Waals surface area contributed by atoms with Gasteiger partial charge in [0.1, 0.15) is 11.4 Å². The fraction of sp³-hybridized carbons (Fsp3) is 0.154. The van der Waals surface area contributed by atoms with E-state index in [-0.39, 0.29) is 0 Å². The lowest BCUT2D eigenvalue weighted by molar-refractivity contribution is 0.111. The topological polar surface area (TPSA) is 52.1 Å². The van der Waals surface area contributed by atoms with E-state index in [1.807, 2.05) is 18.3 Å². The van der Waals surface area contributed by atoms with Crippen molar-refractivity contribution in [3.8, 4) is 5.75 Å². The summed E-state index contributed by atoms with van der Waals surface area (Å²) in [6.07, 6.45) is 6.61. The van der Waals surface area contributed by atoms with Crippen LogP contribution in [0.1, 0.15) is 16.1 Å². The molecular formula is C13H12N2O2. The zero-order valence-electron chi connectivity index (χ0n) is 9.24. The van der Waals surface area contributed by atoms with Crippen molar-refractivity contribution in [2.24, 2.45) is 0 Å². The second kappa shape index (κ2) is 5.75. The van der Waals surface area contributed by atoms with Crippen LogP contribution in [0.5, 0.6) is 5.75 Å². The molecule has 4 heteroatoms. The van der Waals surface area contributed by atoms with Gasteiger partial charge < -0.3 is 4.74 Å². The minimum absolute atomic E-state index is 0.407. The quantitative estimate of drug-likeness (QED) is 0.733. The number of carbonyl (C=O) groups excluding carboxylic acids is 1. The van der Waals surface area contributed by atoms with Crippen LogP contribution in [0, 0.1) is 0 Å². The molecule has 17 heavy (non-hydrogen) atoms. The summed E-state index contributed by atoms with van der Waals surface area (Å²) in [5.41, 5.74) is 1.54. The molecule has 2 heterocycles. The third-order valence-corrected chi connectivity index (χ3v) is 2.26. The predicted molar refractivity (Wildman–Crippen MR) is 63.1 cm³/mol. The first-order valence-corrected chi connectivity index (χ1v) is 5.31. The van der Waals surface area contributed by atoms with Gasteiger partial charge in [0.05, 0.1) is 12.8 Å². The van der Waals surface area contributed by atoms with Gasteiger partial charge in [-0.1, -0.05) is 6.07 Å². The van der Waals surface area contributed by atoms with Crippen molar-refractivity contribution in [3.63, 3.8) is 0 Å². The van der Waals surface area contributed by atoms with E-state index in [0.29, 0.717) is 24.3 Å². The van der Waals surface area contributed by atoms with E-state index in [1.54, 1.807) is 24.5 Å². The smallest absolute Gasteiger partial charge is 0.168 e. The average Bonchev–Trinajstić information content (AvgIpc) is 2.41. The van der Waals surface area contributed by atoms with Crippen LogP contribution in [0.15, 0.2) is 42.9 Å². The summed E-state index contributed by atoms with van der Waals surface area (Å²) < 4.78 is 5.50. The van der Waals surface area contributed by atoms with Gasteiger partial charge in [-0.2, -0.15) is 0 Å². The highest BCUT2D eigenvalue weighted by molar-refractivity contribution is 5.71. The van der Waals surface area contributed by atoms with Crippen molar-refractivity contribution in [2.75, 3.05) is 6.61 Å². The van der Waals surface area contributed by atoms with Crippen molar-refractivity contribution in [1.29, 1.82) is 0 Å². The van der Waals surface area contributed by atoms with E-state index in [1.165, 1.54) is 0 Å². The van der Waals surface area contributed by atoms with Crippen LogP contribution in [0.4, 0.5) is 0 Å². The first kappa shape index (κ1) is 11.3. The molecule has 2 aromatic rings. The summed E-state index contributed by atoms with van der Waals surface area (Å²) in [6, 6.07) is 7.27. The van der Waals surface area contributed by atoms with Gasteiger partial charge in [-0.25, -0.2) is 4.98 Å². The lowest BCUT2D eigenvalue weighted by Crippen LogP contribution is -2.02. The van der Waals surface area contributed by atoms with Crippen LogP contribution in [0.2, 0.25) is 0 Å². The fourth-order valence-electron chi connectivity index (χ4n) is 1.38. The van der Waals surface area contributed by atoms with Crippen LogP contribution in [-0.4, -0.2) is 22.9 Å². The van der Waals surface area contributed by atoms with Gasteiger partial charge >= 0.3 is 0 Å². The Bertz CT molecular complexity index is 469. The molecule has 0 aliphatic heterocycles.